The Morgan fingerprint density at radius 1 is 0.386 bits per heavy atom. The molecule has 24 heteroatoms. The number of nitrogens with one attached hydrogen (secondary N) is 5. The molecule has 14 aromatic rings. The lowest BCUT2D eigenvalue weighted by Crippen LogP contribution is -1.71. The van der Waals surface area contributed by atoms with Crippen molar-refractivity contribution in [2.24, 2.45) is 0 Å². The summed E-state index contributed by atoms with van der Waals surface area (Å²) < 4.78 is 10.7. The van der Waals surface area contributed by atoms with Gasteiger partial charge in [-0.25, -0.2) is 24.9 Å². The van der Waals surface area contributed by atoms with E-state index < -0.39 is 0 Å². The second-order valence-electron chi connectivity index (χ2n) is 11.6. The van der Waals surface area contributed by atoms with Gasteiger partial charge < -0.3 is 13.8 Å². The number of rotatable bonds is 0. The first-order chi connectivity index (χ1) is 41.3. The van der Waals surface area contributed by atoms with Crippen LogP contribution >= 0.6 is 22.7 Å². The lowest BCUT2D eigenvalue weighted by molar-refractivity contribution is 0.558. The normalized spacial score (nSPS) is 8.12. The number of imidazole rings is 1. The van der Waals surface area contributed by atoms with E-state index in [1.165, 1.54) is 23.8 Å². The van der Waals surface area contributed by atoms with E-state index in [-0.39, 0.29) is 0 Å². The van der Waals surface area contributed by atoms with Gasteiger partial charge in [0.25, 0.3) is 0 Å². The summed E-state index contributed by atoms with van der Waals surface area (Å²) in [6, 6.07) is 29.2. The molecule has 0 saturated heterocycles. The van der Waals surface area contributed by atoms with E-state index in [4.69, 9.17) is 4.42 Å². The van der Waals surface area contributed by atoms with Gasteiger partial charge in [0.2, 0.25) is 5.65 Å². The van der Waals surface area contributed by atoms with E-state index in [2.05, 4.69) is 112 Å². The molecule has 0 aliphatic heterocycles. The molecule has 0 aliphatic carbocycles. The Kier molecular flexibility index (Phi) is 63.0. The number of hydrogen-bond donors (Lipinski definition) is 5. The number of thiazole rings is 2. The molecule has 0 aliphatic rings. The number of fused-ring (bicyclic) bond motifs is 5. The maximum absolute atomic E-state index is 5.01. The third-order valence-electron chi connectivity index (χ3n) is 7.37. The minimum absolute atomic E-state index is 0.664. The third-order valence-corrected chi connectivity index (χ3v) is 8.70. The van der Waals surface area contributed by atoms with Crippen molar-refractivity contribution in [3.8, 4) is 0 Å². The number of para-hydroxylation sites is 5. The lowest BCUT2D eigenvalue weighted by Gasteiger charge is -1.81. The Morgan fingerprint density at radius 2 is 0.952 bits per heavy atom. The van der Waals surface area contributed by atoms with Gasteiger partial charge in [0.15, 0.2) is 18.4 Å². The second-order valence-corrected chi connectivity index (χ2v) is 13.2. The molecule has 0 fully saturated rings. The predicted octanol–water partition coefficient (Wildman–Crippen LogP) is 17.1. The zero-order chi connectivity index (χ0) is 62.7. The van der Waals surface area contributed by atoms with Crippen LogP contribution in [0.25, 0.3) is 54.5 Å². The SMILES string of the molecule is CC.CC.CC.CC.CC.CC.CC.CC.CC.c1cc2n[nH]nc2cn1.c1ccc2[nH]cnc2c1.c1ccc2ocnc2c1.c1ccc2scnc2c1.c1cn[nH]n1.c1cn[nH]n1.c1cnc2n[nH]nc2c1.c1cocn1.c1cscn1. The smallest absolute Gasteiger partial charge is 0.201 e. The third kappa shape index (κ3) is 39.7. The monoisotopic (exact) mass is 1170 g/mol. The molecule has 14 rings (SSSR count). The summed E-state index contributed by atoms with van der Waals surface area (Å²) >= 11 is 3.28. The molecule has 0 unspecified atom stereocenters. The summed E-state index contributed by atoms with van der Waals surface area (Å²) in [7, 11) is 0. The van der Waals surface area contributed by atoms with Crippen LogP contribution in [0.1, 0.15) is 125 Å². The van der Waals surface area contributed by atoms with E-state index in [9.17, 15) is 0 Å². The van der Waals surface area contributed by atoms with Crippen molar-refractivity contribution in [2.45, 2.75) is 125 Å². The van der Waals surface area contributed by atoms with Crippen LogP contribution in [0.3, 0.4) is 0 Å². The van der Waals surface area contributed by atoms with E-state index in [1.807, 2.05) is 214 Å². The molecule has 0 radical (unpaired) electrons. The number of aromatic amines is 5. The van der Waals surface area contributed by atoms with Gasteiger partial charge >= 0.3 is 0 Å². The van der Waals surface area contributed by atoms with Crippen LogP contribution in [0.4, 0.5) is 0 Å². The molecular weight excluding hydrogens is 1080 g/mol. The van der Waals surface area contributed by atoms with Gasteiger partial charge in [-0.15, -0.1) is 27.8 Å². The van der Waals surface area contributed by atoms with Crippen LogP contribution < -0.4 is 0 Å². The number of benzene rings is 3. The fourth-order valence-corrected chi connectivity index (χ4v) is 5.58. The number of H-pyrrole nitrogens is 5. The summed E-state index contributed by atoms with van der Waals surface area (Å²) in [5, 5.41) is 40.8. The predicted molar refractivity (Wildman–Crippen MR) is 347 cm³/mol. The highest BCUT2D eigenvalue weighted by molar-refractivity contribution is 7.16. The maximum atomic E-state index is 5.01. The number of aromatic nitrogens is 20. The van der Waals surface area contributed by atoms with E-state index in [1.54, 1.807) is 96.3 Å². The molecular formula is C59H90N20O2S2. The quantitative estimate of drug-likeness (QED) is 0.0942. The molecule has 3 aromatic carbocycles. The largest absolute Gasteiger partial charge is 0.452 e. The Labute approximate surface area is 498 Å². The Morgan fingerprint density at radius 3 is 1.45 bits per heavy atom. The fraction of sp³-hybridized carbons (Fsp3) is 0.305. The summed E-state index contributed by atoms with van der Waals surface area (Å²) in [6.07, 6.45) is 20.8. The first-order valence-corrected chi connectivity index (χ1v) is 29.6. The van der Waals surface area contributed by atoms with Gasteiger partial charge in [-0.05, 0) is 54.6 Å². The highest BCUT2D eigenvalue weighted by Crippen LogP contribution is 2.15. The highest BCUT2D eigenvalue weighted by Gasteiger charge is 1.94. The van der Waals surface area contributed by atoms with Crippen LogP contribution in [0.2, 0.25) is 0 Å². The molecule has 83 heavy (non-hydrogen) atoms. The molecule has 0 atom stereocenters. The van der Waals surface area contributed by atoms with Gasteiger partial charge in [0, 0.05) is 24.0 Å². The lowest BCUT2D eigenvalue weighted by atomic mass is 10.3. The van der Waals surface area contributed by atoms with Crippen molar-refractivity contribution in [1.82, 2.24) is 102 Å². The van der Waals surface area contributed by atoms with Crippen molar-refractivity contribution in [3.05, 3.63) is 189 Å². The highest BCUT2D eigenvalue weighted by atomic mass is 32.1. The molecule has 0 saturated carbocycles. The van der Waals surface area contributed by atoms with Crippen LogP contribution in [0.5, 0.6) is 0 Å². The molecule has 11 heterocycles. The van der Waals surface area contributed by atoms with Crippen molar-refractivity contribution >= 4 is 77.2 Å². The van der Waals surface area contributed by atoms with Gasteiger partial charge in [-0.3, -0.25) is 9.97 Å². The standard InChI is InChI=1S/C7H6N2.C7H5NO.C7H5NS.2C5H4N4.C3H3NO.C3H3NS.2C2H3N3.9C2H6/c3*1-2-4-7-6(3-1)8-5-9-7;1-2-6-3-5-4(1)7-9-8-5;1-2-4-5(6-3-1)8-9-7-4;2*1-2-5-3-4-1;2*1-2-4-5-3-1;9*1-2/h1-5H,(H,8,9);2*1-5H;1-3H,(H,7,8,9);1-3H,(H,6,7,8,9);2*1-3H;2*1-2H,(H,3,4,5);9*1-2H3. The fourth-order valence-electron chi connectivity index (χ4n) is 4.55. The van der Waals surface area contributed by atoms with E-state index in [0.717, 1.165) is 44.2 Å². The van der Waals surface area contributed by atoms with Crippen molar-refractivity contribution in [2.75, 3.05) is 0 Å². The first-order valence-electron chi connectivity index (χ1n) is 27.7. The first kappa shape index (κ1) is 80.2. The summed E-state index contributed by atoms with van der Waals surface area (Å²) in [4.78, 5) is 30.3. The molecule has 450 valence electrons. The summed E-state index contributed by atoms with van der Waals surface area (Å²) in [6.45, 7) is 36.0. The number of pyridine rings is 2. The minimum Gasteiger partial charge on any atom is -0.452 e. The Hall–Kier alpha value is -9.29. The zero-order valence-electron chi connectivity index (χ0n) is 51.7. The summed E-state index contributed by atoms with van der Waals surface area (Å²) in [5.41, 5.74) is 11.8. The van der Waals surface area contributed by atoms with Crippen molar-refractivity contribution < 1.29 is 8.83 Å². The van der Waals surface area contributed by atoms with Crippen LogP contribution in [0, 0.1) is 0 Å². The number of nitrogens with zero attached hydrogens (tertiary/aromatic N) is 15. The molecule has 11 aromatic heterocycles. The molecule has 0 amide bonds. The van der Waals surface area contributed by atoms with Crippen molar-refractivity contribution in [3.63, 3.8) is 0 Å². The van der Waals surface area contributed by atoms with Crippen LogP contribution in [-0.4, -0.2) is 102 Å². The van der Waals surface area contributed by atoms with E-state index >= 15 is 0 Å². The molecule has 0 spiro atoms. The van der Waals surface area contributed by atoms with Crippen LogP contribution in [-0.2, 0) is 0 Å². The second kappa shape index (κ2) is 65.2. The van der Waals surface area contributed by atoms with Gasteiger partial charge in [-0.1, -0.05) is 161 Å². The van der Waals surface area contributed by atoms with Crippen LogP contribution in [0.15, 0.2) is 197 Å². The summed E-state index contributed by atoms with van der Waals surface area (Å²) in [5.74, 6) is 0. The molecule has 22 nitrogen and oxygen atoms in total. The molecule has 5 N–H and O–H groups in total. The number of oxazole rings is 2. The minimum atomic E-state index is 0.664. The Balaban J connectivity index is -0.000000412. The van der Waals surface area contributed by atoms with Gasteiger partial charge in [0.05, 0.1) is 75.8 Å². The average Bonchev–Trinajstić information content (AvgIpc) is 4.44. The zero-order valence-corrected chi connectivity index (χ0v) is 53.4. The van der Waals surface area contributed by atoms with Crippen molar-refractivity contribution in [1.29, 1.82) is 0 Å². The number of hydrogen-bond acceptors (Lipinski definition) is 19. The Bertz CT molecular complexity index is 2520. The van der Waals surface area contributed by atoms with E-state index in [0.29, 0.717) is 5.65 Å². The van der Waals surface area contributed by atoms with Gasteiger partial charge in [-0.2, -0.15) is 56.5 Å². The average molecular weight is 1180 g/mol. The maximum Gasteiger partial charge on any atom is 0.201 e. The van der Waals surface area contributed by atoms with Gasteiger partial charge in [0.1, 0.15) is 28.3 Å². The topological polar surface area (TPSA) is 299 Å². The molecule has 0 bridgehead atoms.